The molecule has 0 saturated heterocycles. The van der Waals surface area contributed by atoms with Crippen molar-refractivity contribution in [1.29, 1.82) is 0 Å². The molecular weight excluding hydrogens is 340 g/mol. The summed E-state index contributed by atoms with van der Waals surface area (Å²) in [5, 5.41) is 4.95. The second-order valence-electron chi connectivity index (χ2n) is 5.56. The van der Waals surface area contributed by atoms with Crippen molar-refractivity contribution in [1.82, 2.24) is 14.8 Å². The van der Waals surface area contributed by atoms with E-state index in [1.54, 1.807) is 42.7 Å². The Hall–Kier alpha value is -2.99. The van der Waals surface area contributed by atoms with E-state index in [2.05, 4.69) is 10.1 Å². The number of carbonyl (C=O) groups excluding carboxylic acids is 2. The van der Waals surface area contributed by atoms with Gasteiger partial charge in [-0.2, -0.15) is 5.10 Å². The van der Waals surface area contributed by atoms with Crippen LogP contribution in [0.2, 0.25) is 5.02 Å². The highest BCUT2D eigenvalue weighted by Gasteiger charge is 2.18. The van der Waals surface area contributed by atoms with Crippen molar-refractivity contribution >= 4 is 23.3 Å². The average Bonchev–Trinajstić information content (AvgIpc) is 3.00. The maximum Gasteiger partial charge on any atom is 0.252 e. The van der Waals surface area contributed by atoms with E-state index in [1.165, 1.54) is 11.6 Å². The van der Waals surface area contributed by atoms with E-state index >= 15 is 0 Å². The first-order valence-corrected chi connectivity index (χ1v) is 7.92. The smallest absolute Gasteiger partial charge is 0.252 e. The molecule has 7 heteroatoms. The molecule has 0 aliphatic carbocycles. The fourth-order valence-corrected chi connectivity index (χ4v) is 2.72. The van der Waals surface area contributed by atoms with Crippen LogP contribution in [0.1, 0.15) is 23.0 Å². The van der Waals surface area contributed by atoms with Gasteiger partial charge in [0.1, 0.15) is 11.5 Å². The minimum absolute atomic E-state index is 0.0136. The van der Waals surface area contributed by atoms with Crippen LogP contribution in [-0.2, 0) is 11.2 Å². The van der Waals surface area contributed by atoms with Crippen molar-refractivity contribution in [2.45, 2.75) is 13.3 Å². The van der Waals surface area contributed by atoms with Crippen LogP contribution in [0.25, 0.3) is 16.9 Å². The molecule has 2 heterocycles. The first-order chi connectivity index (χ1) is 12.0. The van der Waals surface area contributed by atoms with Gasteiger partial charge in [0.2, 0.25) is 0 Å². The highest BCUT2D eigenvalue weighted by molar-refractivity contribution is 6.33. The lowest BCUT2D eigenvalue weighted by molar-refractivity contribution is -0.116. The number of benzene rings is 1. The summed E-state index contributed by atoms with van der Waals surface area (Å²) in [5.41, 5.74) is 8.08. The van der Waals surface area contributed by atoms with Crippen LogP contribution >= 0.6 is 11.6 Å². The van der Waals surface area contributed by atoms with Gasteiger partial charge in [0.25, 0.3) is 5.91 Å². The van der Waals surface area contributed by atoms with E-state index in [0.29, 0.717) is 27.7 Å². The summed E-state index contributed by atoms with van der Waals surface area (Å²) < 4.78 is 1.53. The molecule has 6 nitrogen and oxygen atoms in total. The number of amides is 1. The number of nitrogens with two attached hydrogens (primary N) is 1. The Labute approximate surface area is 149 Å². The first kappa shape index (κ1) is 16.9. The lowest BCUT2D eigenvalue weighted by Crippen LogP contribution is -2.11. The molecule has 0 spiro atoms. The summed E-state index contributed by atoms with van der Waals surface area (Å²) >= 11 is 6.22. The molecule has 126 valence electrons. The van der Waals surface area contributed by atoms with E-state index in [4.69, 9.17) is 17.3 Å². The summed E-state index contributed by atoms with van der Waals surface area (Å²) in [7, 11) is 0. The predicted molar refractivity (Wildman–Crippen MR) is 94.7 cm³/mol. The number of rotatable bonds is 5. The number of primary amides is 1. The van der Waals surface area contributed by atoms with Crippen molar-refractivity contribution < 1.29 is 9.59 Å². The number of ketones is 1. The third-order valence-corrected chi connectivity index (χ3v) is 3.93. The van der Waals surface area contributed by atoms with Crippen LogP contribution in [-0.4, -0.2) is 26.5 Å². The van der Waals surface area contributed by atoms with Crippen molar-refractivity contribution in [3.8, 4) is 16.9 Å². The molecule has 3 aromatic rings. The fourth-order valence-electron chi connectivity index (χ4n) is 2.50. The normalized spacial score (nSPS) is 10.6. The summed E-state index contributed by atoms with van der Waals surface area (Å²) in [4.78, 5) is 27.3. The van der Waals surface area contributed by atoms with Gasteiger partial charge in [-0.05, 0) is 25.1 Å². The third-order valence-electron chi connectivity index (χ3n) is 3.60. The van der Waals surface area contributed by atoms with Crippen LogP contribution in [0.15, 0.2) is 48.8 Å². The molecule has 0 saturated carbocycles. The molecule has 0 unspecified atom stereocenters. The monoisotopic (exact) mass is 354 g/mol. The summed E-state index contributed by atoms with van der Waals surface area (Å²) in [6.45, 7) is 1.50. The second-order valence-corrected chi connectivity index (χ2v) is 5.97. The zero-order valence-corrected chi connectivity index (χ0v) is 14.2. The number of hydrogen-bond acceptors (Lipinski definition) is 4. The minimum Gasteiger partial charge on any atom is -0.365 e. The van der Waals surface area contributed by atoms with E-state index in [1.807, 2.05) is 6.07 Å². The SMILES string of the molecule is CC(=O)Cc1cc(-n2cc(C(N)=O)c(-c3ccccc3Cl)n2)ccn1. The number of nitrogens with zero attached hydrogens (tertiary/aromatic N) is 3. The molecule has 0 bridgehead atoms. The quantitative estimate of drug-likeness (QED) is 0.762. The highest BCUT2D eigenvalue weighted by Crippen LogP contribution is 2.29. The van der Waals surface area contributed by atoms with Crippen molar-refractivity contribution in [2.24, 2.45) is 5.73 Å². The lowest BCUT2D eigenvalue weighted by atomic mass is 10.1. The van der Waals surface area contributed by atoms with Crippen molar-refractivity contribution in [3.63, 3.8) is 0 Å². The zero-order valence-electron chi connectivity index (χ0n) is 13.4. The maximum absolute atomic E-state index is 11.8. The molecular formula is C18H15ClN4O2. The van der Waals surface area contributed by atoms with E-state index < -0.39 is 5.91 Å². The second kappa shape index (κ2) is 6.86. The summed E-state index contributed by atoms with van der Waals surface area (Å²) in [6.07, 6.45) is 3.37. The highest BCUT2D eigenvalue weighted by atomic mass is 35.5. The topological polar surface area (TPSA) is 90.9 Å². The zero-order chi connectivity index (χ0) is 18.0. The third kappa shape index (κ3) is 3.59. The van der Waals surface area contributed by atoms with Crippen LogP contribution in [0.4, 0.5) is 0 Å². The number of Topliss-reactive ketones (excluding diaryl/α,β-unsaturated/α-hetero) is 1. The fraction of sp³-hybridized carbons (Fsp3) is 0.111. The van der Waals surface area contributed by atoms with Crippen molar-refractivity contribution in [3.05, 3.63) is 65.1 Å². The van der Waals surface area contributed by atoms with Gasteiger partial charge in [-0.1, -0.05) is 29.8 Å². The Kier molecular flexibility index (Phi) is 4.63. The minimum atomic E-state index is -0.598. The Morgan fingerprint density at radius 3 is 2.68 bits per heavy atom. The van der Waals surface area contributed by atoms with E-state index in [9.17, 15) is 9.59 Å². The predicted octanol–water partition coefficient (Wildman–Crippen LogP) is 2.82. The molecule has 3 rings (SSSR count). The van der Waals surface area contributed by atoms with Gasteiger partial charge in [-0.15, -0.1) is 0 Å². The standard InChI is InChI=1S/C18H15ClN4O2/c1-11(24)8-12-9-13(6-7-21-12)23-10-15(18(20)25)17(22-23)14-4-2-3-5-16(14)19/h2-7,9-10H,8H2,1H3,(H2,20,25). The van der Waals surface area contributed by atoms with Crippen LogP contribution in [0.5, 0.6) is 0 Å². The van der Waals surface area contributed by atoms with Gasteiger partial charge in [0, 0.05) is 30.1 Å². The van der Waals surface area contributed by atoms with Crippen LogP contribution in [0, 0.1) is 0 Å². The lowest BCUT2D eigenvalue weighted by Gasteiger charge is -2.04. The summed E-state index contributed by atoms with van der Waals surface area (Å²) in [5.74, 6) is -0.584. The molecule has 0 fully saturated rings. The van der Waals surface area contributed by atoms with Gasteiger partial charge in [-0.25, -0.2) is 4.68 Å². The Bertz CT molecular complexity index is 965. The molecule has 0 aliphatic heterocycles. The molecule has 0 radical (unpaired) electrons. The number of pyridine rings is 1. The Balaban J connectivity index is 2.10. The maximum atomic E-state index is 11.8. The molecule has 1 amide bonds. The van der Waals surface area contributed by atoms with Crippen LogP contribution < -0.4 is 5.73 Å². The Morgan fingerprint density at radius 2 is 2.00 bits per heavy atom. The molecule has 1 aromatic carbocycles. The largest absolute Gasteiger partial charge is 0.365 e. The van der Waals surface area contributed by atoms with Crippen molar-refractivity contribution in [2.75, 3.05) is 0 Å². The van der Waals surface area contributed by atoms with Gasteiger partial charge in [-0.3, -0.25) is 14.6 Å². The Morgan fingerprint density at radius 1 is 1.24 bits per heavy atom. The van der Waals surface area contributed by atoms with Gasteiger partial charge in [0.05, 0.1) is 16.3 Å². The average molecular weight is 355 g/mol. The molecule has 0 aliphatic rings. The first-order valence-electron chi connectivity index (χ1n) is 7.55. The molecule has 2 N–H and O–H groups in total. The number of carbonyl (C=O) groups is 2. The van der Waals surface area contributed by atoms with Gasteiger partial charge < -0.3 is 5.73 Å². The number of halogens is 1. The number of aromatic nitrogens is 3. The van der Waals surface area contributed by atoms with E-state index in [-0.39, 0.29) is 17.8 Å². The van der Waals surface area contributed by atoms with Crippen LogP contribution in [0.3, 0.4) is 0 Å². The van der Waals surface area contributed by atoms with Gasteiger partial charge in [0.15, 0.2) is 0 Å². The molecule has 2 aromatic heterocycles. The van der Waals surface area contributed by atoms with E-state index in [0.717, 1.165) is 0 Å². The van der Waals surface area contributed by atoms with Gasteiger partial charge >= 0.3 is 0 Å². The molecule has 25 heavy (non-hydrogen) atoms. The summed E-state index contributed by atoms with van der Waals surface area (Å²) in [6, 6.07) is 10.6. The molecule has 0 atom stereocenters. The number of hydrogen-bond donors (Lipinski definition) is 1.